The van der Waals surface area contributed by atoms with Gasteiger partial charge in [-0.15, -0.1) is 6.58 Å². The van der Waals surface area contributed by atoms with Crippen LogP contribution in [0.1, 0.15) is 25.7 Å². The van der Waals surface area contributed by atoms with E-state index < -0.39 is 0 Å². The fourth-order valence-corrected chi connectivity index (χ4v) is 2.38. The lowest BCUT2D eigenvalue weighted by Crippen LogP contribution is -2.36. The summed E-state index contributed by atoms with van der Waals surface area (Å²) >= 11 is 0. The molecule has 15 heavy (non-hydrogen) atoms. The van der Waals surface area contributed by atoms with Gasteiger partial charge in [0, 0.05) is 24.8 Å². The van der Waals surface area contributed by atoms with Crippen molar-refractivity contribution < 1.29 is 14.3 Å². The van der Waals surface area contributed by atoms with E-state index in [0.717, 1.165) is 6.42 Å². The summed E-state index contributed by atoms with van der Waals surface area (Å²) in [7, 11) is 0. The number of esters is 1. The highest BCUT2D eigenvalue weighted by Crippen LogP contribution is 2.31. The Morgan fingerprint density at radius 2 is 2.33 bits per heavy atom. The minimum absolute atomic E-state index is 0.0803. The van der Waals surface area contributed by atoms with Crippen LogP contribution in [0.3, 0.4) is 0 Å². The van der Waals surface area contributed by atoms with Crippen molar-refractivity contribution in [1.29, 1.82) is 0 Å². The zero-order chi connectivity index (χ0) is 10.8. The van der Waals surface area contributed by atoms with Crippen LogP contribution in [0.15, 0.2) is 12.7 Å². The van der Waals surface area contributed by atoms with Crippen LogP contribution in [0.25, 0.3) is 0 Å². The van der Waals surface area contributed by atoms with E-state index in [0.29, 0.717) is 19.3 Å². The first-order valence-electron chi connectivity index (χ1n) is 5.30. The SMILES string of the molecule is C=CC[C@@H]1OC(=O)C[C@H]1[C@H]1CCC(=O)N1. The Morgan fingerprint density at radius 3 is 2.93 bits per heavy atom. The molecule has 4 heteroatoms. The van der Waals surface area contributed by atoms with Crippen molar-refractivity contribution in [2.24, 2.45) is 5.92 Å². The van der Waals surface area contributed by atoms with Crippen molar-refractivity contribution in [1.82, 2.24) is 5.32 Å². The van der Waals surface area contributed by atoms with E-state index in [2.05, 4.69) is 11.9 Å². The lowest BCUT2D eigenvalue weighted by Gasteiger charge is -2.21. The predicted molar refractivity (Wildman–Crippen MR) is 54.0 cm³/mol. The van der Waals surface area contributed by atoms with Crippen molar-refractivity contribution in [2.75, 3.05) is 0 Å². The molecule has 0 spiro atoms. The summed E-state index contributed by atoms with van der Waals surface area (Å²) in [5.74, 6) is 0.0478. The number of hydrogen-bond acceptors (Lipinski definition) is 3. The number of carbonyl (C=O) groups is 2. The molecule has 2 saturated heterocycles. The van der Waals surface area contributed by atoms with Crippen LogP contribution in [0.5, 0.6) is 0 Å². The van der Waals surface area contributed by atoms with Gasteiger partial charge in [0.1, 0.15) is 6.10 Å². The summed E-state index contributed by atoms with van der Waals surface area (Å²) in [4.78, 5) is 22.3. The summed E-state index contributed by atoms with van der Waals surface area (Å²) in [6, 6.07) is 0.105. The molecule has 3 atom stereocenters. The largest absolute Gasteiger partial charge is 0.462 e. The molecule has 2 aliphatic heterocycles. The van der Waals surface area contributed by atoms with Gasteiger partial charge in [-0.25, -0.2) is 0 Å². The van der Waals surface area contributed by atoms with Crippen molar-refractivity contribution in [3.63, 3.8) is 0 Å². The molecule has 2 rings (SSSR count). The second-order valence-electron chi connectivity index (χ2n) is 4.13. The molecule has 2 aliphatic rings. The maximum absolute atomic E-state index is 11.2. The molecule has 2 heterocycles. The minimum Gasteiger partial charge on any atom is -0.462 e. The minimum atomic E-state index is -0.159. The highest BCUT2D eigenvalue weighted by Gasteiger charge is 2.41. The van der Waals surface area contributed by atoms with E-state index in [1.807, 2.05) is 0 Å². The molecule has 0 radical (unpaired) electrons. The zero-order valence-electron chi connectivity index (χ0n) is 8.57. The summed E-state index contributed by atoms with van der Waals surface area (Å²) in [5.41, 5.74) is 0. The first kappa shape index (κ1) is 10.2. The van der Waals surface area contributed by atoms with Crippen LogP contribution < -0.4 is 5.32 Å². The fourth-order valence-electron chi connectivity index (χ4n) is 2.38. The molecule has 2 fully saturated rings. The van der Waals surface area contributed by atoms with Gasteiger partial charge in [-0.2, -0.15) is 0 Å². The van der Waals surface area contributed by atoms with E-state index in [1.54, 1.807) is 6.08 Å². The Kier molecular flexibility index (Phi) is 2.75. The Hall–Kier alpha value is -1.32. The highest BCUT2D eigenvalue weighted by atomic mass is 16.5. The third-order valence-corrected chi connectivity index (χ3v) is 3.11. The number of ether oxygens (including phenoxy) is 1. The molecule has 0 aliphatic carbocycles. The highest BCUT2D eigenvalue weighted by molar-refractivity contribution is 5.79. The number of carbonyl (C=O) groups excluding carboxylic acids is 2. The van der Waals surface area contributed by atoms with Crippen LogP contribution in [0.4, 0.5) is 0 Å². The average Bonchev–Trinajstić information content (AvgIpc) is 2.73. The molecule has 1 N–H and O–H groups in total. The van der Waals surface area contributed by atoms with Crippen molar-refractivity contribution in [3.8, 4) is 0 Å². The molecule has 0 bridgehead atoms. The first-order chi connectivity index (χ1) is 7.20. The van der Waals surface area contributed by atoms with Gasteiger partial charge in [0.15, 0.2) is 0 Å². The van der Waals surface area contributed by atoms with E-state index in [9.17, 15) is 9.59 Å². The second kappa shape index (κ2) is 4.04. The fraction of sp³-hybridized carbons (Fsp3) is 0.636. The van der Waals surface area contributed by atoms with Gasteiger partial charge in [0.2, 0.25) is 5.91 Å². The lowest BCUT2D eigenvalue weighted by molar-refractivity contribution is -0.141. The van der Waals surface area contributed by atoms with Crippen molar-refractivity contribution >= 4 is 11.9 Å². The Balaban J connectivity index is 2.02. The van der Waals surface area contributed by atoms with Crippen LogP contribution in [0.2, 0.25) is 0 Å². The Morgan fingerprint density at radius 1 is 1.53 bits per heavy atom. The standard InChI is InChI=1S/C11H15NO3/c1-2-3-9-7(6-11(14)15-9)8-4-5-10(13)12-8/h2,7-9H,1,3-6H2,(H,12,13)/t7-,8+,9-/m0/s1. The number of hydrogen-bond donors (Lipinski definition) is 1. The van der Waals surface area contributed by atoms with E-state index in [4.69, 9.17) is 4.74 Å². The molecule has 0 saturated carbocycles. The molecule has 1 amide bonds. The van der Waals surface area contributed by atoms with Crippen LogP contribution >= 0.6 is 0 Å². The first-order valence-corrected chi connectivity index (χ1v) is 5.30. The van der Waals surface area contributed by atoms with Gasteiger partial charge in [0.25, 0.3) is 0 Å². The van der Waals surface area contributed by atoms with Gasteiger partial charge in [-0.3, -0.25) is 9.59 Å². The predicted octanol–water partition coefficient (Wildman–Crippen LogP) is 0.773. The topological polar surface area (TPSA) is 55.4 Å². The summed E-state index contributed by atoms with van der Waals surface area (Å²) in [6.45, 7) is 3.65. The molecule has 0 unspecified atom stereocenters. The van der Waals surface area contributed by atoms with Crippen molar-refractivity contribution in [3.05, 3.63) is 12.7 Å². The van der Waals surface area contributed by atoms with Crippen LogP contribution in [-0.2, 0) is 14.3 Å². The maximum Gasteiger partial charge on any atom is 0.306 e. The Labute approximate surface area is 88.7 Å². The third kappa shape index (κ3) is 2.03. The number of nitrogens with one attached hydrogen (secondary N) is 1. The second-order valence-corrected chi connectivity index (χ2v) is 4.13. The van der Waals surface area contributed by atoms with Gasteiger partial charge in [-0.1, -0.05) is 6.08 Å². The van der Waals surface area contributed by atoms with E-state index in [1.165, 1.54) is 0 Å². The summed E-state index contributed by atoms with van der Waals surface area (Å²) in [5, 5.41) is 2.90. The quantitative estimate of drug-likeness (QED) is 0.552. The maximum atomic E-state index is 11.2. The smallest absolute Gasteiger partial charge is 0.306 e. The summed E-state index contributed by atoms with van der Waals surface area (Å²) < 4.78 is 5.20. The number of cyclic esters (lactones) is 1. The molecule has 0 aromatic heterocycles. The third-order valence-electron chi connectivity index (χ3n) is 3.11. The lowest BCUT2D eigenvalue weighted by atomic mass is 9.90. The average molecular weight is 209 g/mol. The zero-order valence-corrected chi connectivity index (χ0v) is 8.57. The van der Waals surface area contributed by atoms with Crippen LogP contribution in [0, 0.1) is 5.92 Å². The molecule has 0 aromatic carbocycles. The molecule has 82 valence electrons. The molecule has 0 aromatic rings. The van der Waals surface area contributed by atoms with Crippen LogP contribution in [-0.4, -0.2) is 24.0 Å². The number of rotatable bonds is 3. The van der Waals surface area contributed by atoms with Gasteiger partial charge < -0.3 is 10.1 Å². The Bertz CT molecular complexity index is 300. The number of amides is 1. The molecular formula is C11H15NO3. The monoisotopic (exact) mass is 209 g/mol. The van der Waals surface area contributed by atoms with Gasteiger partial charge in [-0.05, 0) is 6.42 Å². The molecule has 4 nitrogen and oxygen atoms in total. The van der Waals surface area contributed by atoms with Gasteiger partial charge in [0.05, 0.1) is 6.42 Å². The summed E-state index contributed by atoms with van der Waals surface area (Å²) in [6.07, 6.45) is 4.13. The van der Waals surface area contributed by atoms with Gasteiger partial charge >= 0.3 is 5.97 Å². The van der Waals surface area contributed by atoms with Crippen molar-refractivity contribution in [2.45, 2.75) is 37.8 Å². The molecular weight excluding hydrogens is 194 g/mol. The van der Waals surface area contributed by atoms with E-state index >= 15 is 0 Å². The normalized spacial score (nSPS) is 35.1. The van der Waals surface area contributed by atoms with E-state index in [-0.39, 0.29) is 29.9 Å².